The van der Waals surface area contributed by atoms with Gasteiger partial charge in [-0.2, -0.15) is 18.4 Å². The van der Waals surface area contributed by atoms with Gasteiger partial charge in [-0.05, 0) is 74.6 Å². The molecule has 2 aromatic carbocycles. The van der Waals surface area contributed by atoms with Crippen molar-refractivity contribution in [1.29, 1.82) is 5.26 Å². The first-order chi connectivity index (χ1) is 19.4. The third-order valence-corrected chi connectivity index (χ3v) is 9.43. The lowest BCUT2D eigenvalue weighted by atomic mass is 10.0. The van der Waals surface area contributed by atoms with Crippen molar-refractivity contribution in [3.8, 4) is 11.8 Å². The maximum atomic E-state index is 13.9. The average molecular weight is 589 g/mol. The van der Waals surface area contributed by atoms with Crippen molar-refractivity contribution >= 4 is 15.7 Å². The van der Waals surface area contributed by atoms with Crippen LogP contribution in [-0.2, 0) is 27.2 Å². The number of nitrogens with zero attached hydrogens (tertiary/aromatic N) is 4. The second kappa shape index (κ2) is 10.9. The minimum Gasteiger partial charge on any atom is -0.329 e. The van der Waals surface area contributed by atoms with Gasteiger partial charge in [0.25, 0.3) is 0 Å². The summed E-state index contributed by atoms with van der Waals surface area (Å²) in [6.45, 7) is 1.77. The molecule has 216 valence electrons. The third-order valence-electron chi connectivity index (χ3n) is 7.71. The molecule has 2 heterocycles. The number of hydrogen-bond donors (Lipinski definition) is 0. The van der Waals surface area contributed by atoms with E-state index in [4.69, 9.17) is 4.98 Å². The fourth-order valence-corrected chi connectivity index (χ4v) is 6.84. The Morgan fingerprint density at radius 2 is 1.78 bits per heavy atom. The number of nitriles is 1. The first kappa shape index (κ1) is 28.8. The van der Waals surface area contributed by atoms with E-state index < -0.39 is 51.8 Å². The second-order valence-electron chi connectivity index (χ2n) is 10.7. The van der Waals surface area contributed by atoms with Crippen LogP contribution in [0.1, 0.15) is 72.8 Å². The van der Waals surface area contributed by atoms with E-state index in [9.17, 15) is 36.0 Å². The van der Waals surface area contributed by atoms with Crippen LogP contribution in [0.15, 0.2) is 48.7 Å². The summed E-state index contributed by atoms with van der Waals surface area (Å²) in [6, 6.07) is 10.3. The smallest absolute Gasteiger partial charge is 0.329 e. The summed E-state index contributed by atoms with van der Waals surface area (Å²) in [5.74, 6) is -1.35. The van der Waals surface area contributed by atoms with Crippen molar-refractivity contribution in [2.45, 2.75) is 63.2 Å². The molecule has 0 radical (unpaired) electrons. The average Bonchev–Trinajstić information content (AvgIpc) is 3.68. The Bertz CT molecular complexity index is 1590. The van der Waals surface area contributed by atoms with Crippen LogP contribution in [0.2, 0.25) is 0 Å². The van der Waals surface area contributed by atoms with Crippen LogP contribution in [-0.4, -0.2) is 46.3 Å². The lowest BCUT2D eigenvalue weighted by molar-refractivity contribution is -0.140. The Balaban J connectivity index is 1.52. The molecule has 5 rings (SSSR count). The minimum absolute atomic E-state index is 0.00143. The number of halogens is 4. The van der Waals surface area contributed by atoms with E-state index in [1.54, 1.807) is 31.2 Å². The summed E-state index contributed by atoms with van der Waals surface area (Å²) in [7, 11) is -3.26. The molecule has 1 saturated carbocycles. The number of alkyl halides is 3. The third kappa shape index (κ3) is 6.30. The first-order valence-electron chi connectivity index (χ1n) is 13.3. The number of amides is 1. The molecule has 1 aliphatic heterocycles. The highest BCUT2D eigenvalue weighted by Gasteiger charge is 2.38. The van der Waals surface area contributed by atoms with Crippen molar-refractivity contribution in [1.82, 2.24) is 14.5 Å². The first-order valence-corrected chi connectivity index (χ1v) is 15.2. The summed E-state index contributed by atoms with van der Waals surface area (Å²) in [5.41, 5.74) is 0.596. The molecule has 2 aliphatic rings. The molecular formula is C29H28F4N4O3S. The van der Waals surface area contributed by atoms with E-state index in [-0.39, 0.29) is 35.8 Å². The van der Waals surface area contributed by atoms with E-state index >= 15 is 0 Å². The molecule has 1 atom stereocenters. The fraction of sp³-hybridized carbons (Fsp3) is 0.414. The van der Waals surface area contributed by atoms with Gasteiger partial charge in [0.15, 0.2) is 0 Å². The summed E-state index contributed by atoms with van der Waals surface area (Å²) >= 11 is 0. The minimum atomic E-state index is -4.92. The van der Waals surface area contributed by atoms with Crippen molar-refractivity contribution in [3.63, 3.8) is 0 Å². The SMILES string of the molecule is C[C@H](c1nc(C2CC2)cn1-c1ccc(C#N)cc1)N(C(=O)Cc1ccc(F)c(C(F)(F)F)c1)C1CCS(=O)(=O)CC1. The molecule has 0 spiro atoms. The van der Waals surface area contributed by atoms with E-state index in [0.717, 1.165) is 30.3 Å². The number of carbonyl (C=O) groups is 1. The van der Waals surface area contributed by atoms with Crippen LogP contribution in [0.5, 0.6) is 0 Å². The summed E-state index contributed by atoms with van der Waals surface area (Å²) in [4.78, 5) is 20.2. The lowest BCUT2D eigenvalue weighted by Crippen LogP contribution is -2.47. The topological polar surface area (TPSA) is 96.1 Å². The highest BCUT2D eigenvalue weighted by Crippen LogP contribution is 2.41. The number of hydrogen-bond acceptors (Lipinski definition) is 5. The van der Waals surface area contributed by atoms with E-state index in [1.807, 2.05) is 10.8 Å². The molecule has 3 aromatic rings. The lowest BCUT2D eigenvalue weighted by Gasteiger charge is -2.38. The Morgan fingerprint density at radius 3 is 2.37 bits per heavy atom. The van der Waals surface area contributed by atoms with E-state index in [1.165, 1.54) is 4.90 Å². The molecule has 41 heavy (non-hydrogen) atoms. The zero-order valence-corrected chi connectivity index (χ0v) is 23.1. The summed E-state index contributed by atoms with van der Waals surface area (Å²) in [6.07, 6.45) is -1.12. The Labute approximate surface area is 235 Å². The van der Waals surface area contributed by atoms with Gasteiger partial charge >= 0.3 is 6.18 Å². The van der Waals surface area contributed by atoms with E-state index in [2.05, 4.69) is 6.07 Å². The largest absolute Gasteiger partial charge is 0.419 e. The van der Waals surface area contributed by atoms with E-state index in [0.29, 0.717) is 23.5 Å². The maximum absolute atomic E-state index is 13.9. The quantitative estimate of drug-likeness (QED) is 0.340. The van der Waals surface area contributed by atoms with Gasteiger partial charge < -0.3 is 9.47 Å². The Kier molecular flexibility index (Phi) is 7.68. The number of sulfone groups is 1. The van der Waals surface area contributed by atoms with Gasteiger partial charge in [0.05, 0.1) is 46.9 Å². The fourth-order valence-electron chi connectivity index (χ4n) is 5.37. The van der Waals surface area contributed by atoms with Crippen LogP contribution in [0.4, 0.5) is 17.6 Å². The molecule has 0 N–H and O–H groups in total. The summed E-state index contributed by atoms with van der Waals surface area (Å²) in [5, 5.41) is 9.20. The molecule has 12 heteroatoms. The van der Waals surface area contributed by atoms with Gasteiger partial charge in [-0.1, -0.05) is 6.07 Å². The van der Waals surface area contributed by atoms with Gasteiger partial charge in [-0.25, -0.2) is 17.8 Å². The predicted octanol–water partition coefficient (Wildman–Crippen LogP) is 5.49. The molecule has 2 fully saturated rings. The van der Waals surface area contributed by atoms with Gasteiger partial charge in [0.2, 0.25) is 5.91 Å². The van der Waals surface area contributed by atoms with Crippen molar-refractivity contribution in [2.24, 2.45) is 0 Å². The maximum Gasteiger partial charge on any atom is 0.419 e. The molecule has 1 amide bonds. The standard InChI is InChI=1S/C29H28F4N4O3S/c1-18(28-35-26(21-5-6-21)17-36(28)22-7-2-19(16-34)3-8-22)37(23-10-12-41(39,40)13-11-23)27(38)15-20-4-9-25(30)24(14-20)29(31,32)33/h2-4,7-9,14,17-18,21,23H,5-6,10-13,15H2,1H3/t18-/m1/s1. The zero-order valence-electron chi connectivity index (χ0n) is 22.2. The highest BCUT2D eigenvalue weighted by molar-refractivity contribution is 7.91. The molecule has 1 aromatic heterocycles. The molecule has 1 saturated heterocycles. The van der Waals surface area contributed by atoms with Gasteiger partial charge in [0.1, 0.15) is 21.5 Å². The molecule has 0 bridgehead atoms. The van der Waals surface area contributed by atoms with Crippen LogP contribution in [0, 0.1) is 17.1 Å². The zero-order chi connectivity index (χ0) is 29.5. The monoisotopic (exact) mass is 588 g/mol. The number of rotatable bonds is 7. The second-order valence-corrected chi connectivity index (χ2v) is 13.0. The van der Waals surface area contributed by atoms with Gasteiger partial charge in [-0.15, -0.1) is 0 Å². The normalized spacial score (nSPS) is 18.0. The van der Waals surface area contributed by atoms with Crippen LogP contribution >= 0.6 is 0 Å². The van der Waals surface area contributed by atoms with Crippen molar-refractivity contribution in [2.75, 3.05) is 11.5 Å². The van der Waals surface area contributed by atoms with Crippen molar-refractivity contribution < 1.29 is 30.8 Å². The number of aromatic nitrogens is 2. The number of benzene rings is 2. The molecule has 7 nitrogen and oxygen atoms in total. The van der Waals surface area contributed by atoms with Gasteiger partial charge in [-0.3, -0.25) is 4.79 Å². The molecular weight excluding hydrogens is 560 g/mol. The highest BCUT2D eigenvalue weighted by atomic mass is 32.2. The van der Waals surface area contributed by atoms with Gasteiger partial charge in [0, 0.05) is 23.8 Å². The number of imidazole rings is 1. The predicted molar refractivity (Wildman–Crippen MR) is 142 cm³/mol. The van der Waals surface area contributed by atoms with Crippen LogP contribution in [0.25, 0.3) is 5.69 Å². The number of carbonyl (C=O) groups excluding carboxylic acids is 1. The molecule has 1 aliphatic carbocycles. The Hall–Kier alpha value is -3.72. The summed E-state index contributed by atoms with van der Waals surface area (Å²) < 4.78 is 80.1. The Morgan fingerprint density at radius 1 is 1.12 bits per heavy atom. The van der Waals surface area contributed by atoms with Crippen LogP contribution < -0.4 is 0 Å². The van der Waals surface area contributed by atoms with Crippen LogP contribution in [0.3, 0.4) is 0 Å². The van der Waals surface area contributed by atoms with Crippen molar-refractivity contribution in [3.05, 3.63) is 82.7 Å². The molecule has 0 unspecified atom stereocenters.